The van der Waals surface area contributed by atoms with E-state index in [4.69, 9.17) is 23.7 Å². The number of carbonyl (C=O) groups is 1. The lowest BCUT2D eigenvalue weighted by molar-refractivity contribution is 0.0357. The van der Waals surface area contributed by atoms with Crippen molar-refractivity contribution in [2.45, 2.75) is 19.4 Å². The Bertz CT molecular complexity index is 1650. The molecular formula is C32H33F2N5O6. The quantitative estimate of drug-likeness (QED) is 0.223. The molecule has 13 heteroatoms. The Hall–Kier alpha value is -4.75. The molecule has 2 aliphatic rings. The summed E-state index contributed by atoms with van der Waals surface area (Å²) in [5.41, 5.74) is 1.16. The number of hydrogen-bond donors (Lipinski definition) is 2. The van der Waals surface area contributed by atoms with E-state index in [9.17, 15) is 9.18 Å². The van der Waals surface area contributed by atoms with E-state index in [0.717, 1.165) is 45.3 Å². The number of benzene rings is 3. The molecule has 236 valence electrons. The predicted octanol–water partition coefficient (Wildman–Crippen LogP) is 5.46. The molecule has 0 saturated carbocycles. The highest BCUT2D eigenvalue weighted by Crippen LogP contribution is 2.48. The number of ether oxygens (including phenoxy) is 5. The number of rotatable bonds is 10. The number of morpholine rings is 1. The molecule has 0 bridgehead atoms. The number of urea groups is 1. The lowest BCUT2D eigenvalue weighted by Crippen LogP contribution is -2.37. The third-order valence-electron chi connectivity index (χ3n) is 7.44. The second-order valence-electron chi connectivity index (χ2n) is 10.6. The van der Waals surface area contributed by atoms with E-state index in [0.29, 0.717) is 53.5 Å². The van der Waals surface area contributed by atoms with Gasteiger partial charge in [-0.05, 0) is 43.2 Å². The zero-order valence-electron chi connectivity index (χ0n) is 24.7. The highest BCUT2D eigenvalue weighted by Gasteiger charge is 2.26. The van der Waals surface area contributed by atoms with Crippen molar-refractivity contribution in [1.82, 2.24) is 20.2 Å². The standard InChI is InChI=1S/C32H33F2N5O6/c1-20(21-3-5-22(33)6-4-21)37-32(40)38-25-8-7-23(17-24(25)34)45-31-28-26(35-19-36-31)18-27(29-30(28)44-16-15-43-29)42-12-2-9-39-10-13-41-14-11-39/h3-8,17-20H,2,9-16H2,1H3,(H2,37,38,40). The van der Waals surface area contributed by atoms with Gasteiger partial charge in [0.05, 0.1) is 37.1 Å². The topological polar surface area (TPSA) is 116 Å². The Labute approximate surface area is 258 Å². The number of fused-ring (bicyclic) bond motifs is 3. The third-order valence-corrected chi connectivity index (χ3v) is 7.44. The number of hydrogen-bond acceptors (Lipinski definition) is 9. The van der Waals surface area contributed by atoms with Gasteiger partial charge < -0.3 is 34.3 Å². The molecule has 2 aliphatic heterocycles. The van der Waals surface area contributed by atoms with Gasteiger partial charge in [-0.2, -0.15) is 0 Å². The van der Waals surface area contributed by atoms with Gasteiger partial charge in [0, 0.05) is 31.8 Å². The van der Waals surface area contributed by atoms with Crippen molar-refractivity contribution in [2.75, 3.05) is 58.0 Å². The van der Waals surface area contributed by atoms with Crippen LogP contribution in [0.4, 0.5) is 19.3 Å². The fourth-order valence-corrected chi connectivity index (χ4v) is 5.12. The van der Waals surface area contributed by atoms with Crippen LogP contribution in [0.3, 0.4) is 0 Å². The van der Waals surface area contributed by atoms with Crippen molar-refractivity contribution in [3.63, 3.8) is 0 Å². The fourth-order valence-electron chi connectivity index (χ4n) is 5.12. The van der Waals surface area contributed by atoms with Crippen LogP contribution in [-0.2, 0) is 4.74 Å². The monoisotopic (exact) mass is 621 g/mol. The molecule has 1 unspecified atom stereocenters. The summed E-state index contributed by atoms with van der Waals surface area (Å²) in [6, 6.07) is 10.5. The van der Waals surface area contributed by atoms with E-state index in [1.165, 1.54) is 30.6 Å². The first kappa shape index (κ1) is 30.3. The van der Waals surface area contributed by atoms with Crippen LogP contribution in [0, 0.1) is 11.6 Å². The molecule has 1 aromatic heterocycles. The molecule has 3 aromatic carbocycles. The molecule has 0 aliphatic carbocycles. The van der Waals surface area contributed by atoms with Gasteiger partial charge in [-0.15, -0.1) is 0 Å². The minimum absolute atomic E-state index is 0.0526. The maximum atomic E-state index is 15.1. The SMILES string of the molecule is CC(NC(=O)Nc1ccc(Oc2ncnc3cc(OCCCN4CCOCC4)c4c(c23)OCCO4)cc1F)c1ccc(F)cc1. The fraction of sp³-hybridized carbons (Fsp3) is 0.344. The summed E-state index contributed by atoms with van der Waals surface area (Å²) in [5, 5.41) is 5.65. The summed E-state index contributed by atoms with van der Waals surface area (Å²) in [6.45, 7) is 7.11. The lowest BCUT2D eigenvalue weighted by atomic mass is 10.1. The van der Waals surface area contributed by atoms with Gasteiger partial charge in [-0.25, -0.2) is 23.5 Å². The Kier molecular flexibility index (Phi) is 9.36. The van der Waals surface area contributed by atoms with Crippen LogP contribution < -0.4 is 29.6 Å². The molecule has 4 aromatic rings. The molecule has 0 radical (unpaired) electrons. The molecular weight excluding hydrogens is 588 g/mol. The van der Waals surface area contributed by atoms with Crippen LogP contribution in [0.5, 0.6) is 28.9 Å². The van der Waals surface area contributed by atoms with Gasteiger partial charge >= 0.3 is 6.03 Å². The molecule has 0 spiro atoms. The van der Waals surface area contributed by atoms with Crippen LogP contribution in [0.25, 0.3) is 10.9 Å². The lowest BCUT2D eigenvalue weighted by Gasteiger charge is -2.26. The third kappa shape index (κ3) is 7.32. The maximum Gasteiger partial charge on any atom is 0.319 e. The van der Waals surface area contributed by atoms with E-state index < -0.39 is 17.9 Å². The summed E-state index contributed by atoms with van der Waals surface area (Å²) < 4.78 is 57.7. The van der Waals surface area contributed by atoms with Crippen molar-refractivity contribution in [3.8, 4) is 28.9 Å². The summed E-state index contributed by atoms with van der Waals surface area (Å²) in [6.07, 6.45) is 2.17. The molecule has 11 nitrogen and oxygen atoms in total. The average Bonchev–Trinajstić information content (AvgIpc) is 3.05. The zero-order chi connectivity index (χ0) is 31.2. The summed E-state index contributed by atoms with van der Waals surface area (Å²) in [5.74, 6) is 0.537. The second-order valence-corrected chi connectivity index (χ2v) is 10.6. The highest BCUT2D eigenvalue weighted by molar-refractivity contribution is 5.94. The Morgan fingerprint density at radius 2 is 1.78 bits per heavy atom. The Balaban J connectivity index is 1.14. The van der Waals surface area contributed by atoms with Crippen LogP contribution in [-0.4, -0.2) is 73.6 Å². The highest BCUT2D eigenvalue weighted by atomic mass is 19.1. The van der Waals surface area contributed by atoms with Gasteiger partial charge in [-0.1, -0.05) is 12.1 Å². The van der Waals surface area contributed by atoms with Crippen molar-refractivity contribution >= 4 is 22.6 Å². The smallest absolute Gasteiger partial charge is 0.319 e. The molecule has 2 N–H and O–H groups in total. The van der Waals surface area contributed by atoms with Crippen LogP contribution in [0.15, 0.2) is 54.9 Å². The average molecular weight is 622 g/mol. The molecule has 45 heavy (non-hydrogen) atoms. The second kappa shape index (κ2) is 13.9. The van der Waals surface area contributed by atoms with Crippen molar-refractivity contribution in [3.05, 3.63) is 72.1 Å². The van der Waals surface area contributed by atoms with Crippen molar-refractivity contribution < 1.29 is 37.3 Å². The minimum atomic E-state index is -0.718. The summed E-state index contributed by atoms with van der Waals surface area (Å²) in [4.78, 5) is 23.5. The van der Waals surface area contributed by atoms with Gasteiger partial charge in [0.15, 0.2) is 11.5 Å². The van der Waals surface area contributed by atoms with E-state index in [1.54, 1.807) is 25.1 Å². The molecule has 2 amide bonds. The van der Waals surface area contributed by atoms with Gasteiger partial charge in [0.2, 0.25) is 11.6 Å². The number of aromatic nitrogens is 2. The number of carbonyl (C=O) groups excluding carboxylic acids is 1. The zero-order valence-corrected chi connectivity index (χ0v) is 24.7. The molecule has 3 heterocycles. The van der Waals surface area contributed by atoms with E-state index >= 15 is 4.39 Å². The molecule has 1 saturated heterocycles. The van der Waals surface area contributed by atoms with Crippen molar-refractivity contribution in [1.29, 1.82) is 0 Å². The predicted molar refractivity (Wildman–Crippen MR) is 161 cm³/mol. The van der Waals surface area contributed by atoms with Gasteiger partial charge in [0.25, 0.3) is 0 Å². The van der Waals surface area contributed by atoms with Crippen LogP contribution in [0.1, 0.15) is 24.9 Å². The summed E-state index contributed by atoms with van der Waals surface area (Å²) in [7, 11) is 0. The minimum Gasteiger partial charge on any atom is -0.489 e. The van der Waals surface area contributed by atoms with Gasteiger partial charge in [-0.3, -0.25) is 4.90 Å². The van der Waals surface area contributed by atoms with E-state index in [1.807, 2.05) is 0 Å². The Morgan fingerprint density at radius 3 is 2.56 bits per heavy atom. The normalized spacial score (nSPS) is 15.4. The van der Waals surface area contributed by atoms with Gasteiger partial charge in [0.1, 0.15) is 42.3 Å². The first-order valence-electron chi connectivity index (χ1n) is 14.7. The number of amides is 2. The number of halogens is 2. The van der Waals surface area contributed by atoms with E-state index in [2.05, 4.69) is 25.5 Å². The number of nitrogens with one attached hydrogen (secondary N) is 2. The molecule has 6 rings (SSSR count). The molecule has 1 fully saturated rings. The summed E-state index contributed by atoms with van der Waals surface area (Å²) >= 11 is 0. The largest absolute Gasteiger partial charge is 0.489 e. The van der Waals surface area contributed by atoms with Crippen LogP contribution in [0.2, 0.25) is 0 Å². The van der Waals surface area contributed by atoms with Crippen molar-refractivity contribution in [2.24, 2.45) is 0 Å². The maximum absolute atomic E-state index is 15.1. The number of nitrogens with zero attached hydrogens (tertiary/aromatic N) is 3. The first-order chi connectivity index (χ1) is 21.9. The Morgan fingerprint density at radius 1 is 1.00 bits per heavy atom. The van der Waals surface area contributed by atoms with E-state index in [-0.39, 0.29) is 23.1 Å². The first-order valence-corrected chi connectivity index (χ1v) is 14.7. The molecule has 1 atom stereocenters. The van der Waals surface area contributed by atoms with Crippen LogP contribution >= 0.6 is 0 Å². The number of anilines is 1.